The van der Waals surface area contributed by atoms with Crippen molar-refractivity contribution in [2.45, 2.75) is 6.92 Å². The summed E-state index contributed by atoms with van der Waals surface area (Å²) in [4.78, 5) is 14.8. The predicted molar refractivity (Wildman–Crippen MR) is 200 cm³/mol. The van der Waals surface area contributed by atoms with Crippen molar-refractivity contribution in [3.63, 3.8) is 0 Å². The second kappa shape index (κ2) is 11.2. The molecule has 6 aromatic heterocycles. The van der Waals surface area contributed by atoms with E-state index in [4.69, 9.17) is 19.7 Å². The van der Waals surface area contributed by atoms with Crippen LogP contribution < -0.4 is 4.74 Å². The van der Waals surface area contributed by atoms with Crippen molar-refractivity contribution in [3.8, 4) is 33.9 Å². The van der Waals surface area contributed by atoms with Crippen LogP contribution >= 0.6 is 0 Å². The van der Waals surface area contributed by atoms with Gasteiger partial charge in [0.15, 0.2) is 0 Å². The standard InChI is InChI=1S/C44H25N5O.Pt/c1-26-9-5-6-12-30(26)37-25-48-38-15-8-21-45-41(38)33-19-17-28(23-36(33)43(48)47-37)50-29-16-18-32-34-13-7-14-35-40-31(27-10-3-2-4-11-27)20-22-46-44(40)49(42(34)35)39(32)24-29;/h2-22,25H,1H3;/q-2;+2. The molecule has 0 aliphatic rings. The average Bonchev–Trinajstić information content (AvgIpc) is 3.86. The maximum atomic E-state index is 6.56. The Labute approximate surface area is 306 Å². The van der Waals surface area contributed by atoms with Crippen LogP contribution in [0.4, 0.5) is 0 Å². The number of fused-ring (bicyclic) bond motifs is 12. The van der Waals surface area contributed by atoms with Crippen LogP contribution in [0.3, 0.4) is 0 Å². The Morgan fingerprint density at radius 1 is 0.627 bits per heavy atom. The van der Waals surface area contributed by atoms with E-state index < -0.39 is 0 Å². The average molecular weight is 835 g/mol. The number of nitrogens with zero attached hydrogens (tertiary/aromatic N) is 5. The van der Waals surface area contributed by atoms with Gasteiger partial charge in [0.1, 0.15) is 5.65 Å². The van der Waals surface area contributed by atoms with Gasteiger partial charge in [-0.15, -0.1) is 23.6 Å². The molecule has 0 saturated heterocycles. The molecule has 11 aromatic rings. The number of aromatic nitrogens is 5. The molecule has 0 unspecified atom stereocenters. The van der Waals surface area contributed by atoms with Gasteiger partial charge in [-0.25, -0.2) is 4.98 Å². The first kappa shape index (κ1) is 29.8. The number of hydrogen-bond acceptors (Lipinski definition) is 4. The van der Waals surface area contributed by atoms with Gasteiger partial charge >= 0.3 is 21.1 Å². The molecular weight excluding hydrogens is 810 g/mol. The number of imidazole rings is 1. The number of aryl methyl sites for hydroxylation is 1. The molecule has 0 saturated carbocycles. The van der Waals surface area contributed by atoms with E-state index in [9.17, 15) is 0 Å². The predicted octanol–water partition coefficient (Wildman–Crippen LogP) is 10.6. The van der Waals surface area contributed by atoms with E-state index in [1.54, 1.807) is 0 Å². The van der Waals surface area contributed by atoms with Gasteiger partial charge in [-0.2, -0.15) is 6.07 Å². The quantitative estimate of drug-likeness (QED) is 0.131. The minimum Gasteiger partial charge on any atom is -0.503 e. The van der Waals surface area contributed by atoms with Crippen LogP contribution in [0.15, 0.2) is 134 Å². The van der Waals surface area contributed by atoms with Crippen LogP contribution in [0.5, 0.6) is 11.5 Å². The SMILES string of the molecule is Cc1ccccc1-c1cn2c3cccnc3c3ccc(Oc4[c-]c5c(cc4)c4cccc6c7c(-c8ccccc8)ccnc7n5c46)[c-]c3c2n1.[Pt+2]. The maximum Gasteiger partial charge on any atom is 2.00 e. The first-order valence-electron chi connectivity index (χ1n) is 16.6. The van der Waals surface area contributed by atoms with E-state index in [0.717, 1.165) is 71.7 Å². The van der Waals surface area contributed by atoms with Gasteiger partial charge in [-0.05, 0) is 47.2 Å². The van der Waals surface area contributed by atoms with Crippen molar-refractivity contribution < 1.29 is 25.8 Å². The Morgan fingerprint density at radius 3 is 2.31 bits per heavy atom. The second-order valence-corrected chi connectivity index (χ2v) is 12.8. The van der Waals surface area contributed by atoms with Crippen molar-refractivity contribution in [2.24, 2.45) is 0 Å². The molecule has 0 N–H and O–H groups in total. The zero-order valence-corrected chi connectivity index (χ0v) is 29.4. The number of pyridine rings is 3. The molecule has 0 spiro atoms. The maximum absolute atomic E-state index is 6.56. The Bertz CT molecular complexity index is 3150. The monoisotopic (exact) mass is 834 g/mol. The van der Waals surface area contributed by atoms with E-state index in [0.29, 0.717) is 11.5 Å². The van der Waals surface area contributed by atoms with E-state index >= 15 is 0 Å². The van der Waals surface area contributed by atoms with Crippen LogP contribution in [0.2, 0.25) is 0 Å². The Kier molecular flexibility index (Phi) is 6.55. The molecule has 51 heavy (non-hydrogen) atoms. The third-order valence-corrected chi connectivity index (χ3v) is 9.96. The molecule has 0 aliphatic carbocycles. The summed E-state index contributed by atoms with van der Waals surface area (Å²) in [6, 6.07) is 46.8. The number of ether oxygens (including phenoxy) is 1. The van der Waals surface area contributed by atoms with Crippen LogP contribution in [-0.4, -0.2) is 23.8 Å². The van der Waals surface area contributed by atoms with E-state index in [2.05, 4.69) is 119 Å². The second-order valence-electron chi connectivity index (χ2n) is 12.8. The molecule has 0 bridgehead atoms. The molecule has 6 nitrogen and oxygen atoms in total. The summed E-state index contributed by atoms with van der Waals surface area (Å²) >= 11 is 0. The van der Waals surface area contributed by atoms with Crippen LogP contribution in [0.25, 0.3) is 88.1 Å². The summed E-state index contributed by atoms with van der Waals surface area (Å²) < 4.78 is 10.9. The fourth-order valence-electron chi connectivity index (χ4n) is 7.74. The number of rotatable bonds is 4. The summed E-state index contributed by atoms with van der Waals surface area (Å²) in [7, 11) is 0. The summed E-state index contributed by atoms with van der Waals surface area (Å²) in [6.07, 6.45) is 5.82. The molecule has 0 fully saturated rings. The number of benzene rings is 5. The van der Waals surface area contributed by atoms with Gasteiger partial charge in [0, 0.05) is 51.9 Å². The number of para-hydroxylation sites is 1. The van der Waals surface area contributed by atoms with Gasteiger partial charge in [-0.1, -0.05) is 101 Å². The fraction of sp³-hybridized carbons (Fsp3) is 0.0227. The van der Waals surface area contributed by atoms with Gasteiger partial charge in [0.25, 0.3) is 0 Å². The van der Waals surface area contributed by atoms with Crippen molar-refractivity contribution in [2.75, 3.05) is 0 Å². The van der Waals surface area contributed by atoms with Crippen molar-refractivity contribution >= 4 is 65.7 Å². The van der Waals surface area contributed by atoms with Crippen LogP contribution in [0.1, 0.15) is 5.56 Å². The minimum atomic E-state index is 0. The molecule has 7 heteroatoms. The molecular formula is C44H25N5OPt. The first-order valence-corrected chi connectivity index (χ1v) is 16.6. The first-order chi connectivity index (χ1) is 24.7. The molecule has 0 aliphatic heterocycles. The third-order valence-electron chi connectivity index (χ3n) is 9.96. The topological polar surface area (TPSA) is 56.7 Å². The van der Waals surface area contributed by atoms with Crippen LogP contribution in [0, 0.1) is 19.1 Å². The molecule has 11 rings (SSSR count). The van der Waals surface area contributed by atoms with Crippen molar-refractivity contribution in [3.05, 3.63) is 152 Å². The molecule has 0 radical (unpaired) electrons. The van der Waals surface area contributed by atoms with Gasteiger partial charge in [-0.3, -0.25) is 9.97 Å². The molecule has 0 amide bonds. The number of hydrogen-bond donors (Lipinski definition) is 0. The summed E-state index contributed by atoms with van der Waals surface area (Å²) in [5.74, 6) is 1.18. The molecule has 6 heterocycles. The summed E-state index contributed by atoms with van der Waals surface area (Å²) in [5, 5.41) is 6.40. The summed E-state index contributed by atoms with van der Waals surface area (Å²) in [6.45, 7) is 2.11. The Morgan fingerprint density at radius 2 is 1.43 bits per heavy atom. The zero-order valence-electron chi connectivity index (χ0n) is 27.2. The van der Waals surface area contributed by atoms with Gasteiger partial charge in [0.05, 0.1) is 22.4 Å². The minimum absolute atomic E-state index is 0. The van der Waals surface area contributed by atoms with Crippen LogP contribution in [-0.2, 0) is 21.1 Å². The third kappa shape index (κ3) is 4.30. The molecule has 0 atom stereocenters. The van der Waals surface area contributed by atoms with Crippen molar-refractivity contribution in [1.82, 2.24) is 23.8 Å². The summed E-state index contributed by atoms with van der Waals surface area (Å²) in [5.41, 5.74) is 11.2. The van der Waals surface area contributed by atoms with E-state index in [1.165, 1.54) is 21.9 Å². The largest absolute Gasteiger partial charge is 2.00 e. The van der Waals surface area contributed by atoms with Gasteiger partial charge < -0.3 is 13.5 Å². The van der Waals surface area contributed by atoms with Crippen molar-refractivity contribution in [1.29, 1.82) is 0 Å². The fourth-order valence-corrected chi connectivity index (χ4v) is 7.74. The zero-order chi connectivity index (χ0) is 32.9. The van der Waals surface area contributed by atoms with E-state index in [-0.39, 0.29) is 21.1 Å². The molecule has 242 valence electrons. The van der Waals surface area contributed by atoms with Gasteiger partial charge in [0.2, 0.25) is 0 Å². The van der Waals surface area contributed by atoms with E-state index in [1.807, 2.05) is 42.7 Å². The smallest absolute Gasteiger partial charge is 0.503 e. The Balaban J connectivity index is 0.00000327. The molecule has 5 aromatic carbocycles. The normalized spacial score (nSPS) is 11.9. The Hall–Kier alpha value is -6.10.